The van der Waals surface area contributed by atoms with Crippen LogP contribution >= 0.6 is 0 Å². The van der Waals surface area contributed by atoms with Crippen LogP contribution in [0.2, 0.25) is 0 Å². The second kappa shape index (κ2) is 5.48. The standard InChI is InChI=1S/C17H17NO3/c1-11-6-5-7-12(2)16(11)18-17(19)15-10-20-13-8-3-4-9-14(13)21-15/h3-9,15H,10H2,1-2H3,(H,18,19)/t15-/m1/s1. The summed E-state index contributed by atoms with van der Waals surface area (Å²) < 4.78 is 11.3. The molecule has 0 unspecified atom stereocenters. The van der Waals surface area contributed by atoms with Gasteiger partial charge < -0.3 is 14.8 Å². The third-order valence-electron chi connectivity index (χ3n) is 3.53. The van der Waals surface area contributed by atoms with E-state index in [0.29, 0.717) is 11.5 Å². The van der Waals surface area contributed by atoms with Crippen LogP contribution in [0, 0.1) is 13.8 Å². The Labute approximate surface area is 123 Å². The molecule has 4 heteroatoms. The third-order valence-corrected chi connectivity index (χ3v) is 3.53. The molecule has 0 radical (unpaired) electrons. The van der Waals surface area contributed by atoms with Crippen LogP contribution in [-0.2, 0) is 4.79 Å². The number of hydrogen-bond acceptors (Lipinski definition) is 3. The van der Waals surface area contributed by atoms with E-state index < -0.39 is 6.10 Å². The molecular weight excluding hydrogens is 266 g/mol. The molecular formula is C17H17NO3. The van der Waals surface area contributed by atoms with Gasteiger partial charge in [0.2, 0.25) is 6.10 Å². The molecule has 1 aliphatic rings. The summed E-state index contributed by atoms with van der Waals surface area (Å²) >= 11 is 0. The van der Waals surface area contributed by atoms with Crippen molar-refractivity contribution in [2.75, 3.05) is 11.9 Å². The van der Waals surface area contributed by atoms with Gasteiger partial charge in [0.1, 0.15) is 6.61 Å². The van der Waals surface area contributed by atoms with Crippen molar-refractivity contribution in [3.8, 4) is 11.5 Å². The Morgan fingerprint density at radius 2 is 1.71 bits per heavy atom. The molecule has 1 N–H and O–H groups in total. The fraction of sp³-hybridized carbons (Fsp3) is 0.235. The zero-order valence-corrected chi connectivity index (χ0v) is 12.1. The van der Waals surface area contributed by atoms with Crippen LogP contribution in [0.25, 0.3) is 0 Å². The maximum atomic E-state index is 12.4. The fourth-order valence-corrected chi connectivity index (χ4v) is 2.36. The maximum absolute atomic E-state index is 12.4. The van der Waals surface area contributed by atoms with Gasteiger partial charge in [-0.15, -0.1) is 0 Å². The molecule has 3 rings (SSSR count). The van der Waals surface area contributed by atoms with Gasteiger partial charge in [-0.3, -0.25) is 4.79 Å². The summed E-state index contributed by atoms with van der Waals surface area (Å²) in [6, 6.07) is 13.3. The lowest BCUT2D eigenvalue weighted by molar-refractivity contribution is -0.125. The molecule has 0 saturated heterocycles. The molecule has 0 saturated carbocycles. The van der Waals surface area contributed by atoms with E-state index in [9.17, 15) is 4.79 Å². The topological polar surface area (TPSA) is 47.6 Å². The van der Waals surface area contributed by atoms with Gasteiger partial charge in [0.25, 0.3) is 5.91 Å². The van der Waals surface area contributed by atoms with Crippen molar-refractivity contribution in [3.63, 3.8) is 0 Å². The van der Waals surface area contributed by atoms with Crippen molar-refractivity contribution in [2.24, 2.45) is 0 Å². The van der Waals surface area contributed by atoms with Gasteiger partial charge in [-0.1, -0.05) is 30.3 Å². The van der Waals surface area contributed by atoms with Gasteiger partial charge in [0.15, 0.2) is 11.5 Å². The maximum Gasteiger partial charge on any atom is 0.269 e. The quantitative estimate of drug-likeness (QED) is 0.921. The molecule has 1 atom stereocenters. The molecule has 0 bridgehead atoms. The number of hydrogen-bond donors (Lipinski definition) is 1. The summed E-state index contributed by atoms with van der Waals surface area (Å²) in [4.78, 5) is 12.4. The van der Waals surface area contributed by atoms with Gasteiger partial charge >= 0.3 is 0 Å². The number of fused-ring (bicyclic) bond motifs is 1. The van der Waals surface area contributed by atoms with Gasteiger partial charge in [0.05, 0.1) is 0 Å². The predicted molar refractivity (Wildman–Crippen MR) is 80.9 cm³/mol. The van der Waals surface area contributed by atoms with Crippen LogP contribution in [-0.4, -0.2) is 18.6 Å². The van der Waals surface area contributed by atoms with Crippen LogP contribution in [0.1, 0.15) is 11.1 Å². The van der Waals surface area contributed by atoms with Crippen LogP contribution in [0.4, 0.5) is 5.69 Å². The van der Waals surface area contributed by atoms with Crippen molar-refractivity contribution in [1.82, 2.24) is 0 Å². The first-order valence-corrected chi connectivity index (χ1v) is 6.91. The van der Waals surface area contributed by atoms with E-state index in [-0.39, 0.29) is 12.5 Å². The number of amides is 1. The minimum atomic E-state index is -0.640. The first-order valence-electron chi connectivity index (χ1n) is 6.91. The highest BCUT2D eigenvalue weighted by molar-refractivity contribution is 5.96. The average Bonchev–Trinajstić information content (AvgIpc) is 2.50. The average molecular weight is 283 g/mol. The summed E-state index contributed by atoms with van der Waals surface area (Å²) in [6.07, 6.45) is -0.640. The summed E-state index contributed by atoms with van der Waals surface area (Å²) in [5.74, 6) is 1.08. The highest BCUT2D eigenvalue weighted by Gasteiger charge is 2.27. The monoisotopic (exact) mass is 283 g/mol. The first-order chi connectivity index (χ1) is 10.1. The zero-order valence-electron chi connectivity index (χ0n) is 12.1. The largest absolute Gasteiger partial charge is 0.485 e. The predicted octanol–water partition coefficient (Wildman–Crippen LogP) is 3.08. The Morgan fingerprint density at radius 1 is 1.05 bits per heavy atom. The van der Waals surface area contributed by atoms with E-state index in [1.165, 1.54) is 0 Å². The highest BCUT2D eigenvalue weighted by atomic mass is 16.6. The normalized spacial score (nSPS) is 16.4. The number of nitrogens with one attached hydrogen (secondary N) is 1. The molecule has 21 heavy (non-hydrogen) atoms. The van der Waals surface area contributed by atoms with Gasteiger partial charge in [0, 0.05) is 5.69 Å². The van der Waals surface area contributed by atoms with E-state index in [4.69, 9.17) is 9.47 Å². The first kappa shape index (κ1) is 13.5. The summed E-state index contributed by atoms with van der Waals surface area (Å²) in [7, 11) is 0. The van der Waals surface area contributed by atoms with Crippen LogP contribution in [0.5, 0.6) is 11.5 Å². The molecule has 1 amide bonds. The lowest BCUT2D eigenvalue weighted by atomic mass is 10.1. The second-order valence-corrected chi connectivity index (χ2v) is 5.12. The molecule has 4 nitrogen and oxygen atoms in total. The fourth-order valence-electron chi connectivity index (χ4n) is 2.36. The smallest absolute Gasteiger partial charge is 0.269 e. The van der Waals surface area contributed by atoms with Crippen molar-refractivity contribution < 1.29 is 14.3 Å². The number of benzene rings is 2. The SMILES string of the molecule is Cc1cccc(C)c1NC(=O)[C@H]1COc2ccccc2O1. The lowest BCUT2D eigenvalue weighted by Crippen LogP contribution is -2.40. The molecule has 1 heterocycles. The Balaban J connectivity index is 1.76. The summed E-state index contributed by atoms with van der Waals surface area (Å²) in [5, 5.41) is 2.94. The zero-order chi connectivity index (χ0) is 14.8. The Morgan fingerprint density at radius 3 is 2.43 bits per heavy atom. The number of carbonyl (C=O) groups excluding carboxylic acids is 1. The molecule has 108 valence electrons. The number of ether oxygens (including phenoxy) is 2. The number of anilines is 1. The Bertz CT molecular complexity index is 661. The van der Waals surface area contributed by atoms with E-state index in [2.05, 4.69) is 5.32 Å². The van der Waals surface area contributed by atoms with Crippen molar-refractivity contribution >= 4 is 11.6 Å². The third kappa shape index (κ3) is 2.70. The minimum Gasteiger partial charge on any atom is -0.485 e. The van der Waals surface area contributed by atoms with Gasteiger partial charge in [-0.05, 0) is 37.1 Å². The highest BCUT2D eigenvalue weighted by Crippen LogP contribution is 2.31. The number of para-hydroxylation sites is 3. The number of carbonyl (C=O) groups is 1. The minimum absolute atomic E-state index is 0.193. The van der Waals surface area contributed by atoms with Crippen LogP contribution < -0.4 is 14.8 Å². The number of aryl methyl sites for hydroxylation is 2. The van der Waals surface area contributed by atoms with Crippen molar-refractivity contribution in [1.29, 1.82) is 0 Å². The lowest BCUT2D eigenvalue weighted by Gasteiger charge is -2.26. The van der Waals surface area contributed by atoms with Gasteiger partial charge in [-0.25, -0.2) is 0 Å². The summed E-state index contributed by atoms with van der Waals surface area (Å²) in [5.41, 5.74) is 2.89. The van der Waals surface area contributed by atoms with E-state index >= 15 is 0 Å². The summed E-state index contributed by atoms with van der Waals surface area (Å²) in [6.45, 7) is 4.15. The molecule has 0 fully saturated rings. The molecule has 2 aromatic carbocycles. The van der Waals surface area contributed by atoms with Crippen molar-refractivity contribution in [3.05, 3.63) is 53.6 Å². The van der Waals surface area contributed by atoms with E-state index in [1.807, 2.05) is 50.2 Å². The van der Waals surface area contributed by atoms with Crippen LogP contribution in [0.3, 0.4) is 0 Å². The Hall–Kier alpha value is -2.49. The van der Waals surface area contributed by atoms with E-state index in [1.54, 1.807) is 6.07 Å². The van der Waals surface area contributed by atoms with E-state index in [0.717, 1.165) is 16.8 Å². The number of rotatable bonds is 2. The molecule has 0 aromatic heterocycles. The molecule has 0 aliphatic carbocycles. The Kier molecular flexibility index (Phi) is 3.52. The van der Waals surface area contributed by atoms with Crippen molar-refractivity contribution in [2.45, 2.75) is 20.0 Å². The molecule has 2 aromatic rings. The van der Waals surface area contributed by atoms with Gasteiger partial charge in [-0.2, -0.15) is 0 Å². The second-order valence-electron chi connectivity index (χ2n) is 5.12. The van der Waals surface area contributed by atoms with Crippen LogP contribution in [0.15, 0.2) is 42.5 Å². The molecule has 1 aliphatic heterocycles. The molecule has 0 spiro atoms.